The third kappa shape index (κ3) is 2.79. The molecule has 0 saturated carbocycles. The fourth-order valence-electron chi connectivity index (χ4n) is 2.38. The summed E-state index contributed by atoms with van der Waals surface area (Å²) >= 11 is 0. The lowest BCUT2D eigenvalue weighted by Crippen LogP contribution is -2.51. The Morgan fingerprint density at radius 3 is 2.29 bits per heavy atom. The van der Waals surface area contributed by atoms with Crippen molar-refractivity contribution >= 4 is 10.2 Å². The largest absolute Gasteiger partial charge is 0.314 e. The van der Waals surface area contributed by atoms with Gasteiger partial charge >= 0.3 is 0 Å². The number of nitrogens with one attached hydrogen (secondary N) is 1. The summed E-state index contributed by atoms with van der Waals surface area (Å²) in [7, 11) is 0.783. The highest BCUT2D eigenvalue weighted by Gasteiger charge is 2.36. The molecule has 1 N–H and O–H groups in total. The summed E-state index contributed by atoms with van der Waals surface area (Å²) in [5.41, 5.74) is 0. The monoisotopic (exact) mass is 262 g/mol. The number of nitrogens with zero attached hydrogens (tertiary/aromatic N) is 3. The number of rotatable bonds is 3. The van der Waals surface area contributed by atoms with E-state index in [-0.39, 0.29) is 0 Å². The van der Waals surface area contributed by atoms with Crippen molar-refractivity contribution in [2.24, 2.45) is 0 Å². The summed E-state index contributed by atoms with van der Waals surface area (Å²) in [5, 5.41) is 3.17. The van der Waals surface area contributed by atoms with Crippen molar-refractivity contribution in [2.75, 3.05) is 53.4 Å². The molecule has 0 aromatic carbocycles. The zero-order chi connectivity index (χ0) is 12.5. The highest BCUT2D eigenvalue weighted by atomic mass is 32.2. The topological polar surface area (TPSA) is 55.9 Å². The van der Waals surface area contributed by atoms with Crippen LogP contribution < -0.4 is 5.32 Å². The van der Waals surface area contributed by atoms with Gasteiger partial charge in [0.1, 0.15) is 0 Å². The Morgan fingerprint density at radius 1 is 1.12 bits per heavy atom. The first kappa shape index (κ1) is 13.2. The van der Waals surface area contributed by atoms with Crippen LogP contribution in [0, 0.1) is 0 Å². The van der Waals surface area contributed by atoms with Crippen molar-refractivity contribution in [3.63, 3.8) is 0 Å². The van der Waals surface area contributed by atoms with Crippen molar-refractivity contribution in [2.45, 2.75) is 12.5 Å². The molecule has 17 heavy (non-hydrogen) atoms. The maximum Gasteiger partial charge on any atom is 0.282 e. The molecule has 2 fully saturated rings. The highest BCUT2D eigenvalue weighted by molar-refractivity contribution is 7.86. The van der Waals surface area contributed by atoms with Gasteiger partial charge < -0.3 is 10.2 Å². The van der Waals surface area contributed by atoms with Crippen LogP contribution >= 0.6 is 0 Å². The molecule has 2 rings (SSSR count). The molecule has 2 saturated heterocycles. The van der Waals surface area contributed by atoms with Gasteiger partial charge in [0.05, 0.1) is 0 Å². The first-order chi connectivity index (χ1) is 8.01. The minimum absolute atomic E-state index is 0.354. The van der Waals surface area contributed by atoms with Gasteiger partial charge in [0.2, 0.25) is 0 Å². The van der Waals surface area contributed by atoms with Crippen molar-refractivity contribution in [1.82, 2.24) is 18.8 Å². The van der Waals surface area contributed by atoms with Crippen LogP contribution in [0.25, 0.3) is 0 Å². The van der Waals surface area contributed by atoms with Gasteiger partial charge in [-0.25, -0.2) is 0 Å². The molecule has 1 unspecified atom stereocenters. The molecule has 1 atom stereocenters. The summed E-state index contributed by atoms with van der Waals surface area (Å²) in [6.07, 6.45) is 0.929. The van der Waals surface area contributed by atoms with Gasteiger partial charge in [-0.1, -0.05) is 0 Å². The van der Waals surface area contributed by atoms with E-state index in [1.807, 2.05) is 14.1 Å². The molecule has 0 spiro atoms. The maximum atomic E-state index is 12.4. The molecule has 6 nitrogen and oxygen atoms in total. The second kappa shape index (κ2) is 5.19. The molecule has 100 valence electrons. The normalized spacial score (nSPS) is 29.0. The summed E-state index contributed by atoms with van der Waals surface area (Å²) in [4.78, 5) is 2.10. The Balaban J connectivity index is 2.01. The number of piperazine rings is 1. The zero-order valence-electron chi connectivity index (χ0n) is 10.6. The van der Waals surface area contributed by atoms with Crippen LogP contribution in [-0.2, 0) is 10.2 Å². The van der Waals surface area contributed by atoms with Gasteiger partial charge in [-0.15, -0.1) is 0 Å². The average molecular weight is 262 g/mol. The third-order valence-corrected chi connectivity index (χ3v) is 5.59. The predicted octanol–water partition coefficient (Wildman–Crippen LogP) is -1.23. The van der Waals surface area contributed by atoms with Crippen LogP contribution in [0.4, 0.5) is 0 Å². The van der Waals surface area contributed by atoms with Crippen LogP contribution in [0.2, 0.25) is 0 Å². The lowest BCUT2D eigenvalue weighted by atomic mass is 10.2. The SMILES string of the molecule is CN(C)C1CCN(S(=O)(=O)N2CCNCC2)C1. The fourth-order valence-corrected chi connectivity index (χ4v) is 4.05. The fraction of sp³-hybridized carbons (Fsp3) is 1.00. The molecule has 0 radical (unpaired) electrons. The van der Waals surface area contributed by atoms with Crippen LogP contribution in [0.3, 0.4) is 0 Å². The van der Waals surface area contributed by atoms with Crippen molar-refractivity contribution in [3.8, 4) is 0 Å². The smallest absolute Gasteiger partial charge is 0.282 e. The summed E-state index contributed by atoms with van der Waals surface area (Å²) in [5.74, 6) is 0. The minimum Gasteiger partial charge on any atom is -0.314 e. The number of hydrogen-bond donors (Lipinski definition) is 1. The number of hydrogen-bond acceptors (Lipinski definition) is 4. The van der Waals surface area contributed by atoms with E-state index in [0.29, 0.717) is 32.2 Å². The second-order valence-corrected chi connectivity index (χ2v) is 6.85. The van der Waals surface area contributed by atoms with E-state index in [0.717, 1.165) is 19.5 Å². The Kier molecular flexibility index (Phi) is 4.04. The van der Waals surface area contributed by atoms with E-state index < -0.39 is 10.2 Å². The van der Waals surface area contributed by atoms with E-state index in [4.69, 9.17) is 0 Å². The van der Waals surface area contributed by atoms with E-state index in [2.05, 4.69) is 10.2 Å². The van der Waals surface area contributed by atoms with E-state index in [9.17, 15) is 8.42 Å². The van der Waals surface area contributed by atoms with Crippen molar-refractivity contribution < 1.29 is 8.42 Å². The first-order valence-electron chi connectivity index (χ1n) is 6.14. The second-order valence-electron chi connectivity index (χ2n) is 4.92. The predicted molar refractivity (Wildman–Crippen MR) is 67.0 cm³/mol. The Bertz CT molecular complexity index is 351. The quantitative estimate of drug-likeness (QED) is 0.692. The van der Waals surface area contributed by atoms with Crippen LogP contribution in [0.5, 0.6) is 0 Å². The van der Waals surface area contributed by atoms with E-state index >= 15 is 0 Å². The van der Waals surface area contributed by atoms with Gasteiger partial charge in [0.15, 0.2) is 0 Å². The molecule has 0 bridgehead atoms. The van der Waals surface area contributed by atoms with E-state index in [1.165, 1.54) is 0 Å². The molecule has 0 aliphatic carbocycles. The average Bonchev–Trinajstić information content (AvgIpc) is 2.80. The molecule has 0 aromatic heterocycles. The van der Waals surface area contributed by atoms with Gasteiger partial charge in [0, 0.05) is 45.3 Å². The Morgan fingerprint density at radius 2 is 1.76 bits per heavy atom. The van der Waals surface area contributed by atoms with E-state index in [1.54, 1.807) is 8.61 Å². The Hall–Kier alpha value is -0.210. The standard InChI is InChI=1S/C10H22N4O2S/c1-12(2)10-3-6-14(9-10)17(15,16)13-7-4-11-5-8-13/h10-11H,3-9H2,1-2H3. The van der Waals surface area contributed by atoms with Crippen molar-refractivity contribution in [3.05, 3.63) is 0 Å². The van der Waals surface area contributed by atoms with Gasteiger partial charge in [0.25, 0.3) is 10.2 Å². The van der Waals surface area contributed by atoms with Gasteiger partial charge in [-0.05, 0) is 20.5 Å². The summed E-state index contributed by atoms with van der Waals surface area (Å²) in [6.45, 7) is 3.96. The van der Waals surface area contributed by atoms with Crippen LogP contribution in [-0.4, -0.2) is 81.3 Å². The molecular formula is C10H22N4O2S. The number of likely N-dealkylation sites (N-methyl/N-ethyl adjacent to an activating group) is 1. The van der Waals surface area contributed by atoms with Crippen molar-refractivity contribution in [1.29, 1.82) is 0 Å². The lowest BCUT2D eigenvalue weighted by molar-refractivity contribution is 0.290. The minimum atomic E-state index is -3.23. The molecule has 7 heteroatoms. The molecular weight excluding hydrogens is 240 g/mol. The zero-order valence-corrected chi connectivity index (χ0v) is 11.4. The highest BCUT2D eigenvalue weighted by Crippen LogP contribution is 2.19. The van der Waals surface area contributed by atoms with Crippen LogP contribution in [0.15, 0.2) is 0 Å². The Labute approximate surface area is 104 Å². The molecule has 2 aliphatic rings. The van der Waals surface area contributed by atoms with Crippen LogP contribution in [0.1, 0.15) is 6.42 Å². The lowest BCUT2D eigenvalue weighted by Gasteiger charge is -2.30. The maximum absolute atomic E-state index is 12.4. The molecule has 0 aromatic rings. The first-order valence-corrected chi connectivity index (χ1v) is 7.54. The summed E-state index contributed by atoms with van der Waals surface area (Å²) < 4.78 is 27.9. The molecule has 2 heterocycles. The molecule has 2 aliphatic heterocycles. The van der Waals surface area contributed by atoms with Gasteiger partial charge in [-0.2, -0.15) is 17.0 Å². The van der Waals surface area contributed by atoms with Gasteiger partial charge in [-0.3, -0.25) is 0 Å². The third-order valence-electron chi connectivity index (χ3n) is 3.58. The summed E-state index contributed by atoms with van der Waals surface area (Å²) in [6, 6.07) is 0.354. The molecule has 0 amide bonds.